The van der Waals surface area contributed by atoms with Gasteiger partial charge in [-0.15, -0.1) is 0 Å². The van der Waals surface area contributed by atoms with Crippen LogP contribution in [0.4, 0.5) is 5.69 Å². The molecular weight excluding hydrogens is 472 g/mol. The Bertz CT molecular complexity index is 1430. The van der Waals surface area contributed by atoms with Crippen LogP contribution in [0.5, 0.6) is 0 Å². The fourth-order valence-electron chi connectivity index (χ4n) is 4.10. The molecule has 0 fully saturated rings. The van der Waals surface area contributed by atoms with Crippen LogP contribution in [0, 0.1) is 0 Å². The number of nitrogens with one attached hydrogen (secondary N) is 1. The Morgan fingerprint density at radius 1 is 1.18 bits per heavy atom. The Morgan fingerprint density at radius 3 is 2.68 bits per heavy atom. The summed E-state index contributed by atoms with van der Waals surface area (Å²) in [6, 6.07) is 18.3. The summed E-state index contributed by atoms with van der Waals surface area (Å²) in [4.78, 5) is 30.7. The summed E-state index contributed by atoms with van der Waals surface area (Å²) < 4.78 is 7.85. The molecule has 4 aromatic rings. The van der Waals surface area contributed by atoms with Crippen molar-refractivity contribution in [2.45, 2.75) is 31.6 Å². The zero-order valence-corrected chi connectivity index (χ0v) is 20.2. The summed E-state index contributed by atoms with van der Waals surface area (Å²) in [5, 5.41) is 5.87. The first-order chi connectivity index (χ1) is 16.5. The maximum atomic E-state index is 13.2. The molecule has 0 aliphatic carbocycles. The van der Waals surface area contributed by atoms with E-state index in [1.807, 2.05) is 48.5 Å². The first kappa shape index (κ1) is 22.4. The number of carbonyl (C=O) groups is 1. The number of halogens is 1. The number of para-hydroxylation sites is 1. The van der Waals surface area contributed by atoms with Crippen molar-refractivity contribution in [1.82, 2.24) is 10.1 Å². The molecule has 172 valence electrons. The van der Waals surface area contributed by atoms with Crippen LogP contribution in [-0.2, 0) is 4.79 Å². The summed E-state index contributed by atoms with van der Waals surface area (Å²) in [5.41, 5.74) is 2.23. The van der Waals surface area contributed by atoms with Crippen LogP contribution in [0.3, 0.4) is 0 Å². The topological polar surface area (TPSA) is 83.1 Å². The van der Waals surface area contributed by atoms with E-state index >= 15 is 0 Å². The smallest absolute Gasteiger partial charge is 0.325 e. The first-order valence-corrected chi connectivity index (χ1v) is 12.3. The Kier molecular flexibility index (Phi) is 6.02. The average molecular weight is 494 g/mol. The lowest BCUT2D eigenvalue weighted by Crippen LogP contribution is -2.60. The van der Waals surface area contributed by atoms with Crippen LogP contribution in [0.1, 0.15) is 32.2 Å². The maximum Gasteiger partial charge on any atom is 0.325 e. The molecule has 0 saturated carbocycles. The number of benzene rings is 2. The summed E-state index contributed by atoms with van der Waals surface area (Å²) in [5.74, 6) is 1.73. The van der Waals surface area contributed by atoms with E-state index < -0.39 is 6.17 Å². The predicted molar refractivity (Wildman–Crippen MR) is 132 cm³/mol. The number of anilines is 1. The van der Waals surface area contributed by atoms with Gasteiger partial charge in [0.25, 0.3) is 0 Å². The van der Waals surface area contributed by atoms with E-state index in [-0.39, 0.29) is 11.5 Å². The van der Waals surface area contributed by atoms with Gasteiger partial charge in [-0.25, -0.2) is 4.90 Å². The van der Waals surface area contributed by atoms with Crippen LogP contribution in [0.15, 0.2) is 75.0 Å². The van der Waals surface area contributed by atoms with Crippen molar-refractivity contribution in [2.75, 3.05) is 10.7 Å². The third-order valence-electron chi connectivity index (χ3n) is 5.55. The summed E-state index contributed by atoms with van der Waals surface area (Å²) >= 11 is 7.49. The number of thioether (sulfide) groups is 1. The minimum Gasteiger partial charge on any atom is -0.452 e. The first-order valence-electron chi connectivity index (χ1n) is 10.9. The van der Waals surface area contributed by atoms with E-state index in [9.17, 15) is 9.59 Å². The van der Waals surface area contributed by atoms with Crippen molar-refractivity contribution >= 4 is 35.0 Å². The molecule has 34 heavy (non-hydrogen) atoms. The highest BCUT2D eigenvalue weighted by Crippen LogP contribution is 2.38. The standard InChI is InChI=1S/C25H21ClN4O3S/c1-3-14-34-25-27-23(32)22-18-6-4-5-7-19(18)29(15(2)31)24(30(22)28-25)21-13-12-20(33-21)16-8-10-17(26)11-9-16/h4-13,24H,3,14H2,1-2H3/p+1/t24-/m1/s1. The molecule has 9 heteroatoms. The lowest BCUT2D eigenvalue weighted by atomic mass is 10.0. The fourth-order valence-corrected chi connectivity index (χ4v) is 4.93. The lowest BCUT2D eigenvalue weighted by molar-refractivity contribution is -0.764. The molecule has 3 heterocycles. The SMILES string of the molecule is CCCSc1n[n+]2c(c(=O)[nH]1)-c1ccccc1N(C(C)=O)[C@H]2c1ccc(-c2ccc(Cl)cc2)o1. The number of amides is 1. The molecule has 1 amide bonds. The van der Waals surface area contributed by atoms with E-state index in [2.05, 4.69) is 11.9 Å². The highest BCUT2D eigenvalue weighted by Gasteiger charge is 2.46. The van der Waals surface area contributed by atoms with Gasteiger partial charge >= 0.3 is 17.4 Å². The highest BCUT2D eigenvalue weighted by atomic mass is 35.5. The zero-order chi connectivity index (χ0) is 23.8. The summed E-state index contributed by atoms with van der Waals surface area (Å²) in [6.07, 6.45) is 0.177. The number of fused-ring (bicyclic) bond motifs is 3. The number of aromatic amines is 1. The molecule has 1 N–H and O–H groups in total. The van der Waals surface area contributed by atoms with Crippen LogP contribution in [-0.4, -0.2) is 21.7 Å². The van der Waals surface area contributed by atoms with Gasteiger partial charge in [-0.2, -0.15) is 0 Å². The quantitative estimate of drug-likeness (QED) is 0.310. The summed E-state index contributed by atoms with van der Waals surface area (Å²) in [7, 11) is 0. The van der Waals surface area contributed by atoms with Gasteiger partial charge in [0.1, 0.15) is 5.76 Å². The van der Waals surface area contributed by atoms with E-state index in [0.717, 1.165) is 17.7 Å². The molecule has 0 unspecified atom stereocenters. The zero-order valence-electron chi connectivity index (χ0n) is 18.6. The lowest BCUT2D eigenvalue weighted by Gasteiger charge is -2.30. The van der Waals surface area contributed by atoms with Gasteiger partial charge < -0.3 is 4.42 Å². The average Bonchev–Trinajstić information content (AvgIpc) is 3.31. The monoisotopic (exact) mass is 493 g/mol. The van der Waals surface area contributed by atoms with Crippen molar-refractivity contribution in [3.05, 3.63) is 81.8 Å². The van der Waals surface area contributed by atoms with Crippen molar-refractivity contribution in [3.8, 4) is 22.6 Å². The van der Waals surface area contributed by atoms with Crippen molar-refractivity contribution in [1.29, 1.82) is 0 Å². The number of furan rings is 1. The molecule has 1 atom stereocenters. The molecule has 0 bridgehead atoms. The second-order valence-corrected chi connectivity index (χ2v) is 9.41. The molecule has 1 aliphatic rings. The van der Waals surface area contributed by atoms with E-state index in [1.54, 1.807) is 21.7 Å². The van der Waals surface area contributed by atoms with Crippen LogP contribution < -0.4 is 15.1 Å². The molecule has 5 rings (SSSR count). The molecular formula is C25H22ClN4O3S+. The van der Waals surface area contributed by atoms with Crippen LogP contribution in [0.2, 0.25) is 5.02 Å². The van der Waals surface area contributed by atoms with Crippen molar-refractivity contribution < 1.29 is 13.9 Å². The predicted octanol–water partition coefficient (Wildman–Crippen LogP) is 5.05. The van der Waals surface area contributed by atoms with Gasteiger partial charge in [0, 0.05) is 28.4 Å². The Balaban J connectivity index is 1.71. The number of rotatable bonds is 5. The second kappa shape index (κ2) is 9.12. The molecule has 0 spiro atoms. The number of hydrogen-bond acceptors (Lipinski definition) is 5. The minimum absolute atomic E-state index is 0.190. The third-order valence-corrected chi connectivity index (χ3v) is 6.87. The van der Waals surface area contributed by atoms with Gasteiger partial charge in [0.2, 0.25) is 11.1 Å². The second-order valence-electron chi connectivity index (χ2n) is 7.89. The Labute approximate surface area is 205 Å². The van der Waals surface area contributed by atoms with Gasteiger partial charge in [-0.1, -0.05) is 42.4 Å². The van der Waals surface area contributed by atoms with E-state index in [1.165, 1.54) is 18.7 Å². The van der Waals surface area contributed by atoms with Gasteiger partial charge in [0.15, 0.2) is 5.76 Å². The van der Waals surface area contributed by atoms with E-state index in [0.29, 0.717) is 38.6 Å². The highest BCUT2D eigenvalue weighted by molar-refractivity contribution is 7.99. The Morgan fingerprint density at radius 2 is 1.94 bits per heavy atom. The summed E-state index contributed by atoms with van der Waals surface area (Å²) in [6.45, 7) is 3.56. The van der Waals surface area contributed by atoms with Crippen LogP contribution >= 0.6 is 23.4 Å². The molecule has 2 aromatic heterocycles. The normalized spacial score (nSPS) is 14.6. The molecule has 0 radical (unpaired) electrons. The van der Waals surface area contributed by atoms with Crippen LogP contribution in [0.25, 0.3) is 22.6 Å². The number of hydrogen-bond donors (Lipinski definition) is 1. The van der Waals surface area contributed by atoms with E-state index in [4.69, 9.17) is 21.1 Å². The number of carbonyl (C=O) groups excluding carboxylic acids is 1. The molecule has 7 nitrogen and oxygen atoms in total. The maximum absolute atomic E-state index is 13.2. The number of nitrogens with zero attached hydrogens (tertiary/aromatic N) is 3. The van der Waals surface area contributed by atoms with Gasteiger partial charge in [0.05, 0.1) is 11.3 Å². The third kappa shape index (κ3) is 3.93. The minimum atomic E-state index is -0.758. The number of aromatic nitrogens is 3. The molecule has 2 aromatic carbocycles. The van der Waals surface area contributed by atoms with Gasteiger partial charge in [-0.3, -0.25) is 14.6 Å². The van der Waals surface area contributed by atoms with Crippen molar-refractivity contribution in [3.63, 3.8) is 0 Å². The fraction of sp³-hybridized carbons (Fsp3) is 0.200. The van der Waals surface area contributed by atoms with Crippen molar-refractivity contribution in [2.24, 2.45) is 0 Å². The van der Waals surface area contributed by atoms with Gasteiger partial charge in [-0.05, 0) is 59.6 Å². The Hall–Kier alpha value is -3.36. The molecule has 0 saturated heterocycles. The molecule has 1 aliphatic heterocycles. The largest absolute Gasteiger partial charge is 0.452 e. The number of H-pyrrole nitrogens is 1.